The number of halogens is 1. The van der Waals surface area contributed by atoms with Crippen molar-refractivity contribution >= 4 is 22.9 Å². The molecular formula is C14H17ClN2O2S. The van der Waals surface area contributed by atoms with Crippen LogP contribution in [0.15, 0.2) is 30.3 Å². The van der Waals surface area contributed by atoms with Gasteiger partial charge in [0.1, 0.15) is 11.5 Å². The SMILES string of the molecule is COc1ccc(OC)c(C(Cc2ccc(Cl)s2)NN)c1. The lowest BCUT2D eigenvalue weighted by Crippen LogP contribution is -2.29. The molecule has 0 saturated heterocycles. The van der Waals surface area contributed by atoms with E-state index in [1.165, 1.54) is 0 Å². The minimum atomic E-state index is -0.0743. The van der Waals surface area contributed by atoms with Crippen LogP contribution in [-0.4, -0.2) is 14.2 Å². The van der Waals surface area contributed by atoms with Gasteiger partial charge >= 0.3 is 0 Å². The van der Waals surface area contributed by atoms with Gasteiger partial charge in [-0.05, 0) is 30.3 Å². The molecule has 4 nitrogen and oxygen atoms in total. The minimum Gasteiger partial charge on any atom is -0.497 e. The first-order chi connectivity index (χ1) is 9.67. The fourth-order valence-corrected chi connectivity index (χ4v) is 3.17. The van der Waals surface area contributed by atoms with E-state index in [0.29, 0.717) is 0 Å². The fourth-order valence-electron chi connectivity index (χ4n) is 2.03. The summed E-state index contributed by atoms with van der Waals surface area (Å²) in [5.41, 5.74) is 3.79. The Bertz CT molecular complexity index is 574. The van der Waals surface area contributed by atoms with Gasteiger partial charge in [0.05, 0.1) is 24.6 Å². The zero-order valence-electron chi connectivity index (χ0n) is 11.4. The van der Waals surface area contributed by atoms with Gasteiger partial charge in [-0.25, -0.2) is 0 Å². The van der Waals surface area contributed by atoms with Crippen molar-refractivity contribution < 1.29 is 9.47 Å². The number of nitrogens with one attached hydrogen (secondary N) is 1. The van der Waals surface area contributed by atoms with Crippen molar-refractivity contribution in [2.45, 2.75) is 12.5 Å². The highest BCUT2D eigenvalue weighted by Crippen LogP contribution is 2.32. The zero-order valence-corrected chi connectivity index (χ0v) is 12.9. The third kappa shape index (κ3) is 3.43. The van der Waals surface area contributed by atoms with E-state index in [1.54, 1.807) is 25.6 Å². The summed E-state index contributed by atoms with van der Waals surface area (Å²) < 4.78 is 11.4. The Labute approximate surface area is 127 Å². The summed E-state index contributed by atoms with van der Waals surface area (Å²) in [7, 11) is 3.27. The average molecular weight is 313 g/mol. The van der Waals surface area contributed by atoms with Gasteiger partial charge < -0.3 is 9.47 Å². The number of nitrogens with two attached hydrogens (primary N) is 1. The lowest BCUT2D eigenvalue weighted by molar-refractivity contribution is 0.389. The molecule has 1 unspecified atom stereocenters. The highest BCUT2D eigenvalue weighted by molar-refractivity contribution is 7.16. The summed E-state index contributed by atoms with van der Waals surface area (Å²) >= 11 is 7.51. The maximum atomic E-state index is 5.96. The molecule has 1 aromatic carbocycles. The van der Waals surface area contributed by atoms with Gasteiger partial charge in [0.2, 0.25) is 0 Å². The first kappa shape index (κ1) is 15.1. The number of ether oxygens (including phenoxy) is 2. The summed E-state index contributed by atoms with van der Waals surface area (Å²) in [6, 6.07) is 9.48. The summed E-state index contributed by atoms with van der Waals surface area (Å²) in [5, 5.41) is 0. The van der Waals surface area contributed by atoms with Gasteiger partial charge in [0.15, 0.2) is 0 Å². The minimum absolute atomic E-state index is 0.0743. The molecule has 2 aromatic rings. The Morgan fingerprint density at radius 2 is 2.05 bits per heavy atom. The Balaban J connectivity index is 2.30. The third-order valence-corrected chi connectivity index (χ3v) is 4.30. The largest absolute Gasteiger partial charge is 0.497 e. The van der Waals surface area contributed by atoms with E-state index in [4.69, 9.17) is 26.9 Å². The smallest absolute Gasteiger partial charge is 0.123 e. The quantitative estimate of drug-likeness (QED) is 0.635. The summed E-state index contributed by atoms with van der Waals surface area (Å²) in [6.07, 6.45) is 0.734. The number of hydrogen-bond donors (Lipinski definition) is 2. The first-order valence-electron chi connectivity index (χ1n) is 6.10. The number of thiophene rings is 1. The molecule has 1 heterocycles. The molecule has 0 amide bonds. The lowest BCUT2D eigenvalue weighted by Gasteiger charge is -2.19. The Kier molecular flexibility index (Phi) is 5.25. The van der Waals surface area contributed by atoms with E-state index in [1.807, 2.05) is 30.3 Å². The van der Waals surface area contributed by atoms with Gasteiger partial charge in [-0.2, -0.15) is 0 Å². The van der Waals surface area contributed by atoms with Gasteiger partial charge in [-0.1, -0.05) is 11.6 Å². The van der Waals surface area contributed by atoms with Crippen LogP contribution in [0.1, 0.15) is 16.5 Å². The highest BCUT2D eigenvalue weighted by Gasteiger charge is 2.17. The van der Waals surface area contributed by atoms with Crippen molar-refractivity contribution in [1.29, 1.82) is 0 Å². The molecule has 0 bridgehead atoms. The molecule has 0 spiro atoms. The van der Waals surface area contributed by atoms with E-state index in [9.17, 15) is 0 Å². The molecule has 3 N–H and O–H groups in total. The fraction of sp³-hybridized carbons (Fsp3) is 0.286. The Morgan fingerprint density at radius 1 is 1.25 bits per heavy atom. The number of hydrazine groups is 1. The van der Waals surface area contributed by atoms with Crippen LogP contribution in [0.2, 0.25) is 4.34 Å². The maximum Gasteiger partial charge on any atom is 0.123 e. The van der Waals surface area contributed by atoms with E-state index < -0.39 is 0 Å². The highest BCUT2D eigenvalue weighted by atomic mass is 35.5. The standard InChI is InChI=1S/C14H17ClN2O2S/c1-18-9-3-5-13(19-2)11(7-9)12(17-16)8-10-4-6-14(15)20-10/h3-7,12,17H,8,16H2,1-2H3. The van der Waals surface area contributed by atoms with E-state index in [2.05, 4.69) is 5.43 Å². The van der Waals surface area contributed by atoms with E-state index in [-0.39, 0.29) is 6.04 Å². The van der Waals surface area contributed by atoms with E-state index in [0.717, 1.165) is 32.7 Å². The Morgan fingerprint density at radius 3 is 2.60 bits per heavy atom. The summed E-state index contributed by atoms with van der Waals surface area (Å²) in [4.78, 5) is 1.16. The van der Waals surface area contributed by atoms with Crippen molar-refractivity contribution in [3.63, 3.8) is 0 Å². The second-order valence-electron chi connectivity index (χ2n) is 4.24. The van der Waals surface area contributed by atoms with Gasteiger partial charge in [-0.3, -0.25) is 11.3 Å². The number of hydrogen-bond acceptors (Lipinski definition) is 5. The predicted molar refractivity (Wildman–Crippen MR) is 82.6 cm³/mol. The molecule has 0 aliphatic heterocycles. The number of methoxy groups -OCH3 is 2. The molecule has 2 rings (SSSR count). The average Bonchev–Trinajstić information content (AvgIpc) is 2.89. The number of benzene rings is 1. The summed E-state index contributed by atoms with van der Waals surface area (Å²) in [6.45, 7) is 0. The van der Waals surface area contributed by atoms with Crippen LogP contribution in [0, 0.1) is 0 Å². The summed E-state index contributed by atoms with van der Waals surface area (Å²) in [5.74, 6) is 7.24. The van der Waals surface area contributed by atoms with E-state index >= 15 is 0 Å². The molecule has 20 heavy (non-hydrogen) atoms. The second-order valence-corrected chi connectivity index (χ2v) is 6.04. The lowest BCUT2D eigenvalue weighted by atomic mass is 10.0. The number of rotatable bonds is 6. The zero-order chi connectivity index (χ0) is 14.5. The van der Waals surface area contributed by atoms with Crippen LogP contribution in [0.25, 0.3) is 0 Å². The molecule has 6 heteroatoms. The molecule has 0 saturated carbocycles. The molecule has 0 aliphatic carbocycles. The Hall–Kier alpha value is -1.27. The third-order valence-electron chi connectivity index (χ3n) is 3.05. The first-order valence-corrected chi connectivity index (χ1v) is 7.29. The second kappa shape index (κ2) is 6.95. The van der Waals surface area contributed by atoms with Crippen LogP contribution < -0.4 is 20.7 Å². The van der Waals surface area contributed by atoms with Crippen LogP contribution >= 0.6 is 22.9 Å². The van der Waals surface area contributed by atoms with Gasteiger partial charge in [-0.15, -0.1) is 11.3 Å². The van der Waals surface area contributed by atoms with Gasteiger partial charge in [0.25, 0.3) is 0 Å². The van der Waals surface area contributed by atoms with Crippen molar-refractivity contribution in [2.75, 3.05) is 14.2 Å². The topological polar surface area (TPSA) is 56.5 Å². The molecule has 0 radical (unpaired) electrons. The molecule has 1 aromatic heterocycles. The molecule has 0 aliphatic rings. The van der Waals surface area contributed by atoms with Gasteiger partial charge in [0, 0.05) is 16.9 Å². The molecule has 108 valence electrons. The molecule has 1 atom stereocenters. The maximum absolute atomic E-state index is 5.96. The normalized spacial score (nSPS) is 12.2. The van der Waals surface area contributed by atoms with Crippen molar-refractivity contribution in [3.8, 4) is 11.5 Å². The van der Waals surface area contributed by atoms with Crippen molar-refractivity contribution in [3.05, 3.63) is 45.1 Å². The van der Waals surface area contributed by atoms with Crippen LogP contribution in [0.4, 0.5) is 0 Å². The monoisotopic (exact) mass is 312 g/mol. The van der Waals surface area contributed by atoms with Crippen LogP contribution in [-0.2, 0) is 6.42 Å². The predicted octanol–water partition coefficient (Wildman–Crippen LogP) is 3.17. The van der Waals surface area contributed by atoms with Crippen LogP contribution in [0.5, 0.6) is 11.5 Å². The molecule has 0 fully saturated rings. The van der Waals surface area contributed by atoms with Crippen LogP contribution in [0.3, 0.4) is 0 Å². The van der Waals surface area contributed by atoms with Crippen molar-refractivity contribution in [2.24, 2.45) is 5.84 Å². The van der Waals surface area contributed by atoms with Crippen molar-refractivity contribution in [1.82, 2.24) is 5.43 Å². The molecular weight excluding hydrogens is 296 g/mol.